The number of amides is 1. The third-order valence-corrected chi connectivity index (χ3v) is 4.54. The van der Waals surface area contributed by atoms with Crippen LogP contribution in [0, 0.1) is 6.92 Å². The van der Waals surface area contributed by atoms with Crippen LogP contribution in [0.3, 0.4) is 0 Å². The van der Waals surface area contributed by atoms with E-state index in [9.17, 15) is 9.59 Å². The van der Waals surface area contributed by atoms with Crippen molar-refractivity contribution in [3.8, 4) is 5.75 Å². The van der Waals surface area contributed by atoms with Gasteiger partial charge in [-0.15, -0.1) is 10.2 Å². The van der Waals surface area contributed by atoms with Crippen molar-refractivity contribution in [2.45, 2.75) is 25.2 Å². The number of aliphatic carboxylic acids is 1. The van der Waals surface area contributed by atoms with Gasteiger partial charge in [0.1, 0.15) is 5.75 Å². The van der Waals surface area contributed by atoms with E-state index >= 15 is 0 Å². The first-order chi connectivity index (χ1) is 14.0. The fraction of sp³-hybridized carbons (Fsp3) is 0.200. The number of hydrogen-bond donors (Lipinski definition) is 2. The van der Waals surface area contributed by atoms with E-state index in [1.807, 2.05) is 31.2 Å². The van der Waals surface area contributed by atoms with Crippen LogP contribution in [0.25, 0.3) is 0 Å². The number of aryl methyl sites for hydroxylation is 1. The lowest BCUT2D eigenvalue weighted by Crippen LogP contribution is -2.14. The highest BCUT2D eigenvalue weighted by molar-refractivity contribution is 7.99. The van der Waals surface area contributed by atoms with Crippen LogP contribution >= 0.6 is 11.8 Å². The maximum atomic E-state index is 12.1. The van der Waals surface area contributed by atoms with Gasteiger partial charge in [-0.1, -0.05) is 36.0 Å². The molecule has 0 saturated heterocycles. The van der Waals surface area contributed by atoms with E-state index in [4.69, 9.17) is 14.3 Å². The Hall–Kier alpha value is -3.33. The maximum absolute atomic E-state index is 12.1. The Balaban J connectivity index is 1.44. The number of carboxylic acid groups (broad SMARTS) is 1. The van der Waals surface area contributed by atoms with Gasteiger partial charge in [-0.05, 0) is 42.3 Å². The molecule has 0 bridgehead atoms. The predicted molar refractivity (Wildman–Crippen MR) is 107 cm³/mol. The average molecular weight is 413 g/mol. The number of aromatic nitrogens is 2. The van der Waals surface area contributed by atoms with Crippen LogP contribution in [0.4, 0.5) is 5.69 Å². The number of carboxylic acids is 1. The standard InChI is InChI=1S/C20H19N3O5S/c1-13-3-2-4-16(9-13)27-11-18-22-23-20(28-18)29-12-17(24)21-15-7-5-14(6-8-15)10-19(25)26/h2-9H,10-12H2,1H3,(H,21,24)(H,25,26). The molecule has 29 heavy (non-hydrogen) atoms. The fourth-order valence-corrected chi connectivity index (χ4v) is 2.99. The number of rotatable bonds is 9. The molecule has 2 aromatic carbocycles. The zero-order chi connectivity index (χ0) is 20.6. The number of thioether (sulfide) groups is 1. The van der Waals surface area contributed by atoms with Crippen LogP contribution in [0.15, 0.2) is 58.2 Å². The lowest BCUT2D eigenvalue weighted by atomic mass is 10.1. The molecule has 1 amide bonds. The first-order valence-corrected chi connectivity index (χ1v) is 9.72. The van der Waals surface area contributed by atoms with E-state index in [0.29, 0.717) is 22.9 Å². The van der Waals surface area contributed by atoms with Crippen molar-refractivity contribution in [3.63, 3.8) is 0 Å². The lowest BCUT2D eigenvalue weighted by molar-refractivity contribution is -0.136. The summed E-state index contributed by atoms with van der Waals surface area (Å²) in [6, 6.07) is 14.3. The molecule has 1 aromatic heterocycles. The van der Waals surface area contributed by atoms with Gasteiger partial charge in [0.05, 0.1) is 12.2 Å². The lowest BCUT2D eigenvalue weighted by Gasteiger charge is -2.05. The summed E-state index contributed by atoms with van der Waals surface area (Å²) in [5.41, 5.74) is 2.34. The Labute approximate surface area is 171 Å². The molecule has 0 saturated carbocycles. The van der Waals surface area contributed by atoms with Crippen LogP contribution in [0.5, 0.6) is 5.75 Å². The highest BCUT2D eigenvalue weighted by Crippen LogP contribution is 2.19. The highest BCUT2D eigenvalue weighted by Gasteiger charge is 2.11. The summed E-state index contributed by atoms with van der Waals surface area (Å²) in [7, 11) is 0. The second-order valence-corrected chi connectivity index (χ2v) is 7.10. The van der Waals surface area contributed by atoms with Crippen molar-refractivity contribution < 1.29 is 23.8 Å². The largest absolute Gasteiger partial charge is 0.484 e. The molecule has 0 aliphatic carbocycles. The smallest absolute Gasteiger partial charge is 0.307 e. The molecule has 8 nitrogen and oxygen atoms in total. The average Bonchev–Trinajstić information content (AvgIpc) is 3.14. The minimum absolute atomic E-state index is 0.0584. The van der Waals surface area contributed by atoms with Gasteiger partial charge in [0, 0.05) is 5.69 Å². The summed E-state index contributed by atoms with van der Waals surface area (Å²) in [5.74, 6) is -0.00946. The van der Waals surface area contributed by atoms with Crippen LogP contribution in [0.1, 0.15) is 17.0 Å². The predicted octanol–water partition coefficient (Wildman–Crippen LogP) is 3.31. The minimum Gasteiger partial charge on any atom is -0.484 e. The summed E-state index contributed by atoms with van der Waals surface area (Å²) in [6.07, 6.45) is -0.0584. The van der Waals surface area contributed by atoms with Crippen molar-refractivity contribution in [1.29, 1.82) is 0 Å². The number of nitrogens with one attached hydrogen (secondary N) is 1. The Morgan fingerprint density at radius 1 is 1.17 bits per heavy atom. The van der Waals surface area contributed by atoms with E-state index in [1.165, 1.54) is 0 Å². The number of carbonyl (C=O) groups excluding carboxylic acids is 1. The quantitative estimate of drug-likeness (QED) is 0.514. The van der Waals surface area contributed by atoms with Gasteiger partial charge in [-0.2, -0.15) is 0 Å². The van der Waals surface area contributed by atoms with E-state index in [-0.39, 0.29) is 29.9 Å². The molecular formula is C20H19N3O5S. The molecule has 150 valence electrons. The number of carbonyl (C=O) groups is 2. The molecular weight excluding hydrogens is 394 g/mol. The Morgan fingerprint density at radius 2 is 1.97 bits per heavy atom. The van der Waals surface area contributed by atoms with Crippen molar-refractivity contribution in [1.82, 2.24) is 10.2 Å². The van der Waals surface area contributed by atoms with Crippen molar-refractivity contribution >= 4 is 29.3 Å². The third kappa shape index (κ3) is 6.65. The summed E-state index contributed by atoms with van der Waals surface area (Å²) in [4.78, 5) is 22.7. The van der Waals surface area contributed by atoms with Gasteiger partial charge < -0.3 is 19.6 Å². The van der Waals surface area contributed by atoms with Gasteiger partial charge >= 0.3 is 5.97 Å². The van der Waals surface area contributed by atoms with E-state index in [1.54, 1.807) is 24.3 Å². The van der Waals surface area contributed by atoms with Crippen LogP contribution < -0.4 is 10.1 Å². The molecule has 0 aliphatic heterocycles. The molecule has 3 aromatic rings. The summed E-state index contributed by atoms with van der Waals surface area (Å²) in [6.45, 7) is 2.12. The van der Waals surface area contributed by atoms with Crippen LogP contribution in [-0.4, -0.2) is 32.9 Å². The molecule has 2 N–H and O–H groups in total. The molecule has 0 radical (unpaired) electrons. The van der Waals surface area contributed by atoms with Gasteiger partial charge in [-0.3, -0.25) is 9.59 Å². The van der Waals surface area contributed by atoms with Crippen molar-refractivity contribution in [2.24, 2.45) is 0 Å². The van der Waals surface area contributed by atoms with Crippen LogP contribution in [-0.2, 0) is 22.6 Å². The van der Waals surface area contributed by atoms with Crippen molar-refractivity contribution in [3.05, 3.63) is 65.5 Å². The van der Waals surface area contributed by atoms with E-state index in [2.05, 4.69) is 15.5 Å². The topological polar surface area (TPSA) is 115 Å². The summed E-state index contributed by atoms with van der Waals surface area (Å²) >= 11 is 1.12. The zero-order valence-corrected chi connectivity index (χ0v) is 16.4. The molecule has 1 heterocycles. The number of nitrogens with zero attached hydrogens (tertiary/aromatic N) is 2. The van der Waals surface area contributed by atoms with E-state index in [0.717, 1.165) is 17.3 Å². The molecule has 0 aliphatic rings. The first-order valence-electron chi connectivity index (χ1n) is 8.73. The molecule has 0 unspecified atom stereocenters. The molecule has 3 rings (SSSR count). The number of hydrogen-bond acceptors (Lipinski definition) is 7. The highest BCUT2D eigenvalue weighted by atomic mass is 32.2. The molecule has 9 heteroatoms. The van der Waals surface area contributed by atoms with Crippen LogP contribution in [0.2, 0.25) is 0 Å². The third-order valence-electron chi connectivity index (χ3n) is 3.72. The maximum Gasteiger partial charge on any atom is 0.307 e. The van der Waals surface area contributed by atoms with E-state index < -0.39 is 5.97 Å². The Morgan fingerprint density at radius 3 is 2.69 bits per heavy atom. The first kappa shape index (κ1) is 20.4. The van der Waals surface area contributed by atoms with Gasteiger partial charge in [-0.25, -0.2) is 0 Å². The number of benzene rings is 2. The second-order valence-electron chi connectivity index (χ2n) is 6.17. The Bertz CT molecular complexity index is 988. The van der Waals surface area contributed by atoms with Crippen molar-refractivity contribution in [2.75, 3.05) is 11.1 Å². The fourth-order valence-electron chi connectivity index (χ4n) is 2.41. The monoisotopic (exact) mass is 413 g/mol. The van der Waals surface area contributed by atoms with Gasteiger partial charge in [0.2, 0.25) is 5.91 Å². The molecule has 0 atom stereocenters. The molecule has 0 spiro atoms. The second kappa shape index (κ2) is 9.74. The van der Waals surface area contributed by atoms with Gasteiger partial charge in [0.15, 0.2) is 6.61 Å². The Kier molecular flexibility index (Phi) is 6.85. The molecule has 0 fully saturated rings. The zero-order valence-electron chi connectivity index (χ0n) is 15.6. The SMILES string of the molecule is Cc1cccc(OCc2nnc(SCC(=O)Nc3ccc(CC(=O)O)cc3)o2)c1. The number of ether oxygens (including phenoxy) is 1. The summed E-state index contributed by atoms with van der Waals surface area (Å²) in [5, 5.41) is 19.6. The van der Waals surface area contributed by atoms with Gasteiger partial charge in [0.25, 0.3) is 11.1 Å². The summed E-state index contributed by atoms with van der Waals surface area (Å²) < 4.78 is 11.1. The minimum atomic E-state index is -0.901. The normalized spacial score (nSPS) is 10.5. The number of anilines is 1.